The maximum absolute atomic E-state index is 11.8. The van der Waals surface area contributed by atoms with Crippen LogP contribution in [0.1, 0.15) is 18.5 Å². The third-order valence-corrected chi connectivity index (χ3v) is 2.58. The van der Waals surface area contributed by atoms with Gasteiger partial charge in [-0.3, -0.25) is 4.68 Å². The molecule has 2 rings (SSSR count). The maximum atomic E-state index is 11.8. The van der Waals surface area contributed by atoms with Gasteiger partial charge in [0.2, 0.25) is 0 Å². The fraction of sp³-hybridized carbons (Fsp3) is 0.727. The van der Waals surface area contributed by atoms with Gasteiger partial charge in [0, 0.05) is 18.8 Å². The number of nitrogens with one attached hydrogen (secondary N) is 1. The van der Waals surface area contributed by atoms with Crippen LogP contribution < -0.4 is 5.32 Å². The molecule has 18 heavy (non-hydrogen) atoms. The molecule has 1 aromatic heterocycles. The van der Waals surface area contributed by atoms with Crippen LogP contribution in [-0.4, -0.2) is 35.2 Å². The molecule has 0 atom stereocenters. The van der Waals surface area contributed by atoms with Crippen molar-refractivity contribution in [3.8, 4) is 0 Å². The lowest BCUT2D eigenvalue weighted by Gasteiger charge is -2.07. The van der Waals surface area contributed by atoms with Gasteiger partial charge in [-0.05, 0) is 18.9 Å². The van der Waals surface area contributed by atoms with Crippen LogP contribution in [0.4, 0.5) is 13.2 Å². The highest BCUT2D eigenvalue weighted by Crippen LogP contribution is 2.19. The Bertz CT molecular complexity index is 374. The van der Waals surface area contributed by atoms with Crippen LogP contribution in [0.3, 0.4) is 0 Å². The molecular weight excluding hydrogens is 247 g/mol. The molecule has 1 aliphatic carbocycles. The van der Waals surface area contributed by atoms with Gasteiger partial charge in [0.05, 0.1) is 18.8 Å². The highest BCUT2D eigenvalue weighted by Gasteiger charge is 2.27. The van der Waals surface area contributed by atoms with Crippen LogP contribution >= 0.6 is 0 Å². The summed E-state index contributed by atoms with van der Waals surface area (Å²) >= 11 is 0. The van der Waals surface area contributed by atoms with Crippen LogP contribution in [0.2, 0.25) is 0 Å². The Labute approximate surface area is 103 Å². The van der Waals surface area contributed by atoms with Crippen molar-refractivity contribution in [2.45, 2.75) is 38.1 Å². The lowest BCUT2D eigenvalue weighted by Crippen LogP contribution is -2.19. The fourth-order valence-electron chi connectivity index (χ4n) is 1.50. The summed E-state index contributed by atoms with van der Waals surface area (Å²) in [6.07, 6.45) is -0.0810. The molecule has 1 aliphatic rings. The topological polar surface area (TPSA) is 39.1 Å². The van der Waals surface area contributed by atoms with Gasteiger partial charge in [-0.25, -0.2) is 0 Å². The zero-order valence-corrected chi connectivity index (χ0v) is 9.91. The van der Waals surface area contributed by atoms with E-state index in [2.05, 4.69) is 15.2 Å². The highest BCUT2D eigenvalue weighted by atomic mass is 19.4. The van der Waals surface area contributed by atoms with Crippen molar-refractivity contribution in [3.05, 3.63) is 18.0 Å². The Kier molecular flexibility index (Phi) is 4.23. The molecule has 1 heterocycles. The summed E-state index contributed by atoms with van der Waals surface area (Å²) in [7, 11) is 0. The molecule has 0 amide bonds. The van der Waals surface area contributed by atoms with E-state index >= 15 is 0 Å². The van der Waals surface area contributed by atoms with Gasteiger partial charge in [-0.2, -0.15) is 18.3 Å². The molecule has 0 aromatic carbocycles. The number of halogens is 3. The van der Waals surface area contributed by atoms with Gasteiger partial charge in [-0.1, -0.05) is 0 Å². The monoisotopic (exact) mass is 263 g/mol. The molecule has 0 bridgehead atoms. The van der Waals surface area contributed by atoms with E-state index in [4.69, 9.17) is 0 Å². The molecule has 4 nitrogen and oxygen atoms in total. The van der Waals surface area contributed by atoms with Gasteiger partial charge in [0.25, 0.3) is 0 Å². The molecule has 7 heteroatoms. The first kappa shape index (κ1) is 13.4. The fourth-order valence-corrected chi connectivity index (χ4v) is 1.50. The lowest BCUT2D eigenvalue weighted by molar-refractivity contribution is -0.174. The maximum Gasteiger partial charge on any atom is 0.411 e. The standard InChI is InChI=1S/C11H16F3N3O/c12-11(13,14)8-18-6-5-17-4-3-10(16-17)7-15-9-1-2-9/h3-4,9,15H,1-2,5-8H2. The molecule has 0 spiro atoms. The summed E-state index contributed by atoms with van der Waals surface area (Å²) in [4.78, 5) is 0. The number of ether oxygens (including phenoxy) is 1. The van der Waals surface area contributed by atoms with E-state index < -0.39 is 12.8 Å². The molecule has 0 saturated heterocycles. The first-order chi connectivity index (χ1) is 8.53. The van der Waals surface area contributed by atoms with Crippen molar-refractivity contribution >= 4 is 0 Å². The third kappa shape index (κ3) is 5.05. The SMILES string of the molecule is FC(F)(F)COCCn1ccc(CNC2CC2)n1. The molecule has 1 N–H and O–H groups in total. The van der Waals surface area contributed by atoms with E-state index in [0.717, 1.165) is 5.69 Å². The van der Waals surface area contributed by atoms with Crippen molar-refractivity contribution in [1.29, 1.82) is 0 Å². The van der Waals surface area contributed by atoms with Crippen molar-refractivity contribution < 1.29 is 17.9 Å². The second-order valence-electron chi connectivity index (χ2n) is 4.39. The van der Waals surface area contributed by atoms with Crippen LogP contribution in [0.25, 0.3) is 0 Å². The van der Waals surface area contributed by atoms with Gasteiger partial charge < -0.3 is 10.1 Å². The van der Waals surface area contributed by atoms with Crippen LogP contribution in [0.5, 0.6) is 0 Å². The van der Waals surface area contributed by atoms with Gasteiger partial charge in [0.1, 0.15) is 6.61 Å². The molecule has 0 unspecified atom stereocenters. The highest BCUT2D eigenvalue weighted by molar-refractivity contribution is 4.99. The zero-order chi connectivity index (χ0) is 13.0. The summed E-state index contributed by atoms with van der Waals surface area (Å²) in [6.45, 7) is -0.151. The second-order valence-corrected chi connectivity index (χ2v) is 4.39. The summed E-state index contributed by atoms with van der Waals surface area (Å²) in [5.74, 6) is 0. The predicted octanol–water partition coefficient (Wildman–Crippen LogP) is 1.71. The third-order valence-electron chi connectivity index (χ3n) is 2.58. The van der Waals surface area contributed by atoms with E-state index in [-0.39, 0.29) is 6.61 Å². The van der Waals surface area contributed by atoms with Crippen molar-refractivity contribution in [2.24, 2.45) is 0 Å². The molecular formula is C11H16F3N3O. The van der Waals surface area contributed by atoms with Gasteiger partial charge >= 0.3 is 6.18 Å². The Morgan fingerprint density at radius 1 is 1.44 bits per heavy atom. The molecule has 1 aromatic rings. The van der Waals surface area contributed by atoms with Gasteiger partial charge in [-0.15, -0.1) is 0 Å². The van der Waals surface area contributed by atoms with E-state index in [1.165, 1.54) is 12.8 Å². The first-order valence-electron chi connectivity index (χ1n) is 5.93. The van der Waals surface area contributed by atoms with E-state index in [1.54, 1.807) is 10.9 Å². The smallest absolute Gasteiger partial charge is 0.370 e. The van der Waals surface area contributed by atoms with Crippen LogP contribution in [-0.2, 0) is 17.8 Å². The summed E-state index contributed by atoms with van der Waals surface area (Å²) in [6, 6.07) is 2.48. The minimum atomic E-state index is -4.26. The minimum Gasteiger partial charge on any atom is -0.370 e. The van der Waals surface area contributed by atoms with Crippen molar-refractivity contribution in [1.82, 2.24) is 15.1 Å². The summed E-state index contributed by atoms with van der Waals surface area (Å²) in [5.41, 5.74) is 0.901. The number of nitrogens with zero attached hydrogens (tertiary/aromatic N) is 2. The Hall–Kier alpha value is -1.08. The predicted molar refractivity (Wildman–Crippen MR) is 59.0 cm³/mol. The largest absolute Gasteiger partial charge is 0.411 e. The lowest BCUT2D eigenvalue weighted by atomic mass is 10.4. The van der Waals surface area contributed by atoms with Crippen LogP contribution in [0.15, 0.2) is 12.3 Å². The van der Waals surface area contributed by atoms with Crippen molar-refractivity contribution in [2.75, 3.05) is 13.2 Å². The van der Waals surface area contributed by atoms with E-state index in [9.17, 15) is 13.2 Å². The normalized spacial score (nSPS) is 16.2. The molecule has 0 radical (unpaired) electrons. The Morgan fingerprint density at radius 2 is 2.22 bits per heavy atom. The summed E-state index contributed by atoms with van der Waals surface area (Å²) in [5, 5.41) is 7.55. The molecule has 0 aliphatic heterocycles. The number of rotatable bonds is 7. The number of aromatic nitrogens is 2. The van der Waals surface area contributed by atoms with Crippen molar-refractivity contribution in [3.63, 3.8) is 0 Å². The molecule has 1 fully saturated rings. The Morgan fingerprint density at radius 3 is 2.89 bits per heavy atom. The quantitative estimate of drug-likeness (QED) is 0.761. The number of hydrogen-bond donors (Lipinski definition) is 1. The molecule has 1 saturated carbocycles. The second kappa shape index (κ2) is 5.71. The average Bonchev–Trinajstić information content (AvgIpc) is 3.00. The van der Waals surface area contributed by atoms with Gasteiger partial charge in [0.15, 0.2) is 0 Å². The minimum absolute atomic E-state index is 0.0106. The van der Waals surface area contributed by atoms with E-state index in [0.29, 0.717) is 19.1 Å². The van der Waals surface area contributed by atoms with E-state index in [1.807, 2.05) is 6.07 Å². The van der Waals surface area contributed by atoms with Crippen LogP contribution in [0, 0.1) is 0 Å². The number of hydrogen-bond acceptors (Lipinski definition) is 3. The average molecular weight is 263 g/mol. The Balaban J connectivity index is 1.63. The summed E-state index contributed by atoms with van der Waals surface area (Å²) < 4.78 is 41.6. The zero-order valence-electron chi connectivity index (χ0n) is 9.91. The first-order valence-corrected chi connectivity index (χ1v) is 5.93. The molecule has 102 valence electrons. The number of alkyl halides is 3.